The zero-order valence-corrected chi connectivity index (χ0v) is 29.2. The highest BCUT2D eigenvalue weighted by molar-refractivity contribution is 5.99. The van der Waals surface area contributed by atoms with Gasteiger partial charge in [0, 0.05) is 24.0 Å². The fourth-order valence-corrected chi connectivity index (χ4v) is 6.43. The fourth-order valence-electron chi connectivity index (χ4n) is 6.43. The van der Waals surface area contributed by atoms with Gasteiger partial charge in [-0.05, 0) is 115 Å². The molecule has 1 N–H and O–H groups in total. The van der Waals surface area contributed by atoms with E-state index in [0.29, 0.717) is 30.1 Å². The topological polar surface area (TPSA) is 54.4 Å². The summed E-state index contributed by atoms with van der Waals surface area (Å²) in [7, 11) is 0. The molecule has 240 valence electrons. The van der Waals surface area contributed by atoms with Gasteiger partial charge in [-0.1, -0.05) is 92.7 Å². The third-order valence-electron chi connectivity index (χ3n) is 9.69. The molecule has 4 rings (SSSR count). The summed E-state index contributed by atoms with van der Waals surface area (Å²) in [6.45, 7) is 25.8. The molecular weight excluding hydrogens is 528 g/mol. The van der Waals surface area contributed by atoms with Crippen molar-refractivity contribution in [2.24, 2.45) is 23.2 Å². The second kappa shape index (κ2) is 15.6. The first-order valence-electron chi connectivity index (χ1n) is 16.7. The number of aliphatic hydroxyl groups excluding tert-OH is 1. The van der Waals surface area contributed by atoms with Gasteiger partial charge in [0.05, 0.1) is 0 Å². The lowest BCUT2D eigenvalue weighted by Crippen LogP contribution is -2.20. The molecule has 3 heteroatoms. The predicted octanol–water partition coefficient (Wildman–Crippen LogP) is 10.6. The van der Waals surface area contributed by atoms with Crippen LogP contribution in [0.2, 0.25) is 0 Å². The molecule has 0 atom stereocenters. The van der Waals surface area contributed by atoms with E-state index >= 15 is 0 Å². The van der Waals surface area contributed by atoms with Crippen LogP contribution in [0.3, 0.4) is 0 Å². The smallest absolute Gasteiger partial charge is 0.160 e. The van der Waals surface area contributed by atoms with Crippen LogP contribution < -0.4 is 0 Å². The molecular formula is C40H62O3. The van der Waals surface area contributed by atoms with Gasteiger partial charge in [-0.2, -0.15) is 0 Å². The van der Waals surface area contributed by atoms with E-state index in [2.05, 4.69) is 99.3 Å². The average molecular weight is 591 g/mol. The number of aliphatic hydroxyl groups is 1. The van der Waals surface area contributed by atoms with Crippen LogP contribution in [-0.2, 0) is 15.6 Å². The number of allylic oxidation sites excluding steroid dienone is 4. The Morgan fingerprint density at radius 3 is 2.19 bits per heavy atom. The van der Waals surface area contributed by atoms with E-state index in [1.54, 1.807) is 6.92 Å². The molecule has 1 aromatic carbocycles. The summed E-state index contributed by atoms with van der Waals surface area (Å²) in [5.74, 6) is 2.86. The van der Waals surface area contributed by atoms with Crippen molar-refractivity contribution in [1.29, 1.82) is 0 Å². The van der Waals surface area contributed by atoms with E-state index in [0.717, 1.165) is 47.8 Å². The monoisotopic (exact) mass is 590 g/mol. The van der Waals surface area contributed by atoms with Crippen molar-refractivity contribution in [2.75, 3.05) is 6.61 Å². The number of Topliss-reactive ketones (excluding diaryl/α,β-unsaturated/α-hetero) is 2. The maximum Gasteiger partial charge on any atom is 0.160 e. The van der Waals surface area contributed by atoms with E-state index in [-0.39, 0.29) is 16.6 Å². The van der Waals surface area contributed by atoms with Gasteiger partial charge in [0.25, 0.3) is 0 Å². The Morgan fingerprint density at radius 1 is 1.07 bits per heavy atom. The predicted molar refractivity (Wildman–Crippen MR) is 185 cm³/mol. The van der Waals surface area contributed by atoms with E-state index in [9.17, 15) is 9.59 Å². The van der Waals surface area contributed by atoms with Crippen molar-refractivity contribution in [1.82, 2.24) is 0 Å². The molecule has 0 unspecified atom stereocenters. The van der Waals surface area contributed by atoms with Crippen molar-refractivity contribution < 1.29 is 14.7 Å². The molecule has 1 saturated carbocycles. The lowest BCUT2D eigenvalue weighted by Gasteiger charge is -2.29. The van der Waals surface area contributed by atoms with Gasteiger partial charge in [-0.15, -0.1) is 6.58 Å². The van der Waals surface area contributed by atoms with Crippen LogP contribution in [0.25, 0.3) is 6.08 Å². The lowest BCUT2D eigenvalue weighted by molar-refractivity contribution is -0.116. The van der Waals surface area contributed by atoms with Crippen LogP contribution in [0.1, 0.15) is 154 Å². The van der Waals surface area contributed by atoms with Gasteiger partial charge in [0.2, 0.25) is 0 Å². The fraction of sp³-hybridized carbons (Fsp3) is 0.650. The number of benzene rings is 1. The van der Waals surface area contributed by atoms with Crippen LogP contribution in [0, 0.1) is 23.2 Å². The largest absolute Gasteiger partial charge is 0.396 e. The van der Waals surface area contributed by atoms with Gasteiger partial charge in [0.15, 0.2) is 11.6 Å². The Hall–Kier alpha value is -2.26. The Morgan fingerprint density at radius 2 is 1.70 bits per heavy atom. The molecule has 0 amide bonds. The average Bonchev–Trinajstić information content (AvgIpc) is 3.25. The normalized spacial score (nSPS) is 21.9. The Bertz CT molecular complexity index is 1160. The molecule has 0 aromatic heterocycles. The first kappa shape index (κ1) is 36.9. The second-order valence-corrected chi connectivity index (χ2v) is 15.9. The van der Waals surface area contributed by atoms with Crippen LogP contribution in [0.4, 0.5) is 0 Å². The van der Waals surface area contributed by atoms with E-state index < -0.39 is 0 Å². The maximum atomic E-state index is 11.9. The summed E-state index contributed by atoms with van der Waals surface area (Å²) in [4.78, 5) is 23.6. The first-order valence-corrected chi connectivity index (χ1v) is 16.7. The Kier molecular flexibility index (Phi) is 13.4. The van der Waals surface area contributed by atoms with E-state index in [4.69, 9.17) is 5.11 Å². The molecule has 3 aliphatic carbocycles. The SMILES string of the molecule is C=CCCC(=O)C1=CCCC(C)(C)C1.CC(=O)c1cc(C(C)(C)C)cc2c1C=CC2(C)C.CC(C)C1CCC(CO)CC1. The molecule has 0 spiro atoms. The number of ketones is 2. The molecule has 0 heterocycles. The van der Waals surface area contributed by atoms with Crippen LogP contribution in [0.15, 0.2) is 42.5 Å². The summed E-state index contributed by atoms with van der Waals surface area (Å²) in [5.41, 5.74) is 5.94. The third-order valence-corrected chi connectivity index (χ3v) is 9.69. The van der Waals surface area contributed by atoms with Crippen LogP contribution >= 0.6 is 0 Å². The minimum Gasteiger partial charge on any atom is -0.396 e. The van der Waals surface area contributed by atoms with Crippen molar-refractivity contribution >= 4 is 17.6 Å². The van der Waals surface area contributed by atoms with Gasteiger partial charge in [-0.25, -0.2) is 0 Å². The first-order chi connectivity index (χ1) is 19.9. The lowest BCUT2D eigenvalue weighted by atomic mass is 9.76. The van der Waals surface area contributed by atoms with E-state index in [1.165, 1.54) is 43.2 Å². The van der Waals surface area contributed by atoms with Gasteiger partial charge in [0.1, 0.15) is 0 Å². The zero-order chi connectivity index (χ0) is 32.6. The number of hydrogen-bond acceptors (Lipinski definition) is 3. The van der Waals surface area contributed by atoms with Crippen LogP contribution in [-0.4, -0.2) is 23.3 Å². The van der Waals surface area contributed by atoms with Crippen molar-refractivity contribution in [3.05, 3.63) is 64.8 Å². The summed E-state index contributed by atoms with van der Waals surface area (Å²) < 4.78 is 0. The van der Waals surface area contributed by atoms with Crippen molar-refractivity contribution in [2.45, 2.75) is 138 Å². The molecule has 0 bridgehead atoms. The molecule has 3 aliphatic rings. The minimum absolute atomic E-state index is 0.0286. The number of hydrogen-bond donors (Lipinski definition) is 1. The molecule has 3 nitrogen and oxygen atoms in total. The summed E-state index contributed by atoms with van der Waals surface area (Å²) in [5, 5.41) is 8.92. The molecule has 43 heavy (non-hydrogen) atoms. The number of rotatable bonds is 7. The molecule has 0 aliphatic heterocycles. The number of fused-ring (bicyclic) bond motifs is 1. The van der Waals surface area contributed by atoms with Crippen molar-refractivity contribution in [3.63, 3.8) is 0 Å². The molecule has 0 radical (unpaired) electrons. The molecule has 1 fully saturated rings. The number of carbonyl (C=O) groups excluding carboxylic acids is 2. The highest BCUT2D eigenvalue weighted by Crippen LogP contribution is 2.40. The summed E-state index contributed by atoms with van der Waals surface area (Å²) >= 11 is 0. The standard InChI is InChI=1S/C17H22O.C13H20O.C10H20O/c1-11(18)14-9-12(16(2,3)4)10-15-13(14)7-8-17(15,5)6;1-4-5-8-12(14)11-7-6-9-13(2,3)10-11;1-8(2)10-5-3-9(7-11)4-6-10/h7-10H,1-6H3;4,7H,1,5-6,8-10H2,2-3H3;8-11H,3-7H2,1-2H3. The van der Waals surface area contributed by atoms with E-state index in [1.807, 2.05) is 6.08 Å². The molecule has 1 aromatic rings. The quantitative estimate of drug-likeness (QED) is 0.254. The second-order valence-electron chi connectivity index (χ2n) is 15.9. The van der Waals surface area contributed by atoms with Crippen molar-refractivity contribution in [3.8, 4) is 0 Å². The number of carbonyl (C=O) groups is 2. The van der Waals surface area contributed by atoms with Gasteiger partial charge < -0.3 is 5.11 Å². The zero-order valence-electron chi connectivity index (χ0n) is 29.2. The van der Waals surface area contributed by atoms with Gasteiger partial charge >= 0.3 is 0 Å². The Labute approximate surface area is 264 Å². The van der Waals surface area contributed by atoms with Crippen LogP contribution in [0.5, 0.6) is 0 Å². The maximum absolute atomic E-state index is 11.9. The van der Waals surface area contributed by atoms with Gasteiger partial charge in [-0.3, -0.25) is 9.59 Å². The summed E-state index contributed by atoms with van der Waals surface area (Å²) in [6, 6.07) is 4.33. The summed E-state index contributed by atoms with van der Waals surface area (Å²) in [6.07, 6.45) is 18.0. The molecule has 0 saturated heterocycles. The third kappa shape index (κ3) is 11.0. The Balaban J connectivity index is 0.000000233. The highest BCUT2D eigenvalue weighted by atomic mass is 16.3. The highest BCUT2D eigenvalue weighted by Gasteiger charge is 2.30. The minimum atomic E-state index is 0.0286.